The SMILES string of the molecule is Cc1cccc(C(=O)N2CCCC[C@H]2c2cn3nc(C4CC[C@H](C)C4)c(C)cc3n2)n1. The van der Waals surface area contributed by atoms with Crippen LogP contribution in [0.5, 0.6) is 0 Å². The van der Waals surface area contributed by atoms with E-state index < -0.39 is 0 Å². The highest BCUT2D eigenvalue weighted by molar-refractivity contribution is 5.92. The van der Waals surface area contributed by atoms with Crippen molar-refractivity contribution in [2.75, 3.05) is 6.54 Å². The van der Waals surface area contributed by atoms with Gasteiger partial charge in [0.15, 0.2) is 5.65 Å². The van der Waals surface area contributed by atoms with Crippen LogP contribution in [0.1, 0.15) is 90.5 Å². The summed E-state index contributed by atoms with van der Waals surface area (Å²) in [5.41, 5.74) is 5.62. The van der Waals surface area contributed by atoms with Crippen molar-refractivity contribution in [3.05, 3.63) is 58.8 Å². The average molecular weight is 418 g/mol. The Kier molecular flexibility index (Phi) is 5.24. The molecule has 1 unspecified atom stereocenters. The second kappa shape index (κ2) is 8.06. The number of pyridine rings is 1. The highest BCUT2D eigenvalue weighted by Crippen LogP contribution is 2.38. The summed E-state index contributed by atoms with van der Waals surface area (Å²) in [4.78, 5) is 24.6. The van der Waals surface area contributed by atoms with Gasteiger partial charge in [-0.15, -0.1) is 0 Å². The minimum atomic E-state index is -0.0273. The molecule has 3 aromatic heterocycles. The first-order chi connectivity index (χ1) is 15.0. The molecule has 3 atom stereocenters. The molecular formula is C25H31N5O. The quantitative estimate of drug-likeness (QED) is 0.601. The molecule has 0 N–H and O–H groups in total. The van der Waals surface area contributed by atoms with Gasteiger partial charge in [0.05, 0.1) is 23.6 Å². The number of amides is 1. The van der Waals surface area contributed by atoms with Crippen LogP contribution in [0.3, 0.4) is 0 Å². The molecule has 1 aliphatic heterocycles. The summed E-state index contributed by atoms with van der Waals surface area (Å²) in [5.74, 6) is 1.32. The Bertz CT molecular complexity index is 1120. The van der Waals surface area contributed by atoms with Gasteiger partial charge in [0.25, 0.3) is 5.91 Å². The number of aromatic nitrogens is 4. The first-order valence-corrected chi connectivity index (χ1v) is 11.6. The molecule has 6 heteroatoms. The Morgan fingerprint density at radius 1 is 1.10 bits per heavy atom. The van der Waals surface area contributed by atoms with Crippen molar-refractivity contribution < 1.29 is 4.79 Å². The van der Waals surface area contributed by atoms with E-state index in [1.807, 2.05) is 40.7 Å². The van der Waals surface area contributed by atoms with E-state index in [4.69, 9.17) is 10.1 Å². The highest BCUT2D eigenvalue weighted by atomic mass is 16.2. The Morgan fingerprint density at radius 3 is 2.74 bits per heavy atom. The van der Waals surface area contributed by atoms with Crippen LogP contribution in [0.4, 0.5) is 0 Å². The van der Waals surface area contributed by atoms with Gasteiger partial charge >= 0.3 is 0 Å². The van der Waals surface area contributed by atoms with Gasteiger partial charge in [-0.25, -0.2) is 14.5 Å². The van der Waals surface area contributed by atoms with Gasteiger partial charge < -0.3 is 4.90 Å². The van der Waals surface area contributed by atoms with E-state index in [9.17, 15) is 4.79 Å². The van der Waals surface area contributed by atoms with Crippen LogP contribution >= 0.6 is 0 Å². The van der Waals surface area contributed by atoms with Gasteiger partial charge in [0.2, 0.25) is 0 Å². The van der Waals surface area contributed by atoms with E-state index in [0.717, 1.165) is 48.8 Å². The van der Waals surface area contributed by atoms with Crippen LogP contribution in [-0.4, -0.2) is 36.9 Å². The zero-order valence-electron chi connectivity index (χ0n) is 18.7. The maximum atomic E-state index is 13.3. The topological polar surface area (TPSA) is 63.4 Å². The number of likely N-dealkylation sites (tertiary alicyclic amines) is 1. The number of imidazole rings is 1. The van der Waals surface area contributed by atoms with Crippen LogP contribution < -0.4 is 0 Å². The lowest BCUT2D eigenvalue weighted by atomic mass is 9.99. The summed E-state index contributed by atoms with van der Waals surface area (Å²) < 4.78 is 1.93. The largest absolute Gasteiger partial charge is 0.329 e. The van der Waals surface area contributed by atoms with Gasteiger partial charge in [-0.05, 0) is 75.6 Å². The van der Waals surface area contributed by atoms with E-state index >= 15 is 0 Å². The van der Waals surface area contributed by atoms with Crippen LogP contribution in [-0.2, 0) is 0 Å². The number of carbonyl (C=O) groups excluding carboxylic acids is 1. The molecule has 1 saturated carbocycles. The fourth-order valence-corrected chi connectivity index (χ4v) is 5.36. The summed E-state index contributed by atoms with van der Waals surface area (Å²) in [7, 11) is 0. The normalized spacial score (nSPS) is 24.1. The van der Waals surface area contributed by atoms with E-state index in [-0.39, 0.29) is 11.9 Å². The third kappa shape index (κ3) is 3.84. The van der Waals surface area contributed by atoms with Crippen LogP contribution in [0, 0.1) is 19.8 Å². The third-order valence-corrected chi connectivity index (χ3v) is 6.99. The Morgan fingerprint density at radius 2 is 1.97 bits per heavy atom. The summed E-state index contributed by atoms with van der Waals surface area (Å²) in [6.45, 7) is 7.15. The Balaban J connectivity index is 1.47. The standard InChI is InChI=1S/C25H31N5O/c1-16-10-11-19(13-16)24-17(2)14-23-27-21(15-30(23)28-24)22-9-4-5-12-29(22)25(31)20-8-6-7-18(3)26-20/h6-8,14-16,19,22H,4-5,9-13H2,1-3H3/t16-,19?,22-/m0/s1. The van der Waals surface area contributed by atoms with Crippen LogP contribution in [0.25, 0.3) is 5.65 Å². The number of hydrogen-bond acceptors (Lipinski definition) is 4. The number of fused-ring (bicyclic) bond motifs is 1. The second-order valence-electron chi connectivity index (χ2n) is 9.47. The maximum Gasteiger partial charge on any atom is 0.273 e. The summed E-state index contributed by atoms with van der Waals surface area (Å²) in [5, 5.41) is 4.98. The molecule has 1 amide bonds. The molecule has 4 heterocycles. The first kappa shape index (κ1) is 20.2. The minimum Gasteiger partial charge on any atom is -0.329 e. The Hall–Kier alpha value is -2.76. The zero-order valence-corrected chi connectivity index (χ0v) is 18.7. The van der Waals surface area contributed by atoms with Gasteiger partial charge in [0.1, 0.15) is 5.69 Å². The van der Waals surface area contributed by atoms with Crippen molar-refractivity contribution >= 4 is 11.6 Å². The summed E-state index contributed by atoms with van der Waals surface area (Å²) in [6.07, 6.45) is 8.80. The number of carbonyl (C=O) groups is 1. The number of rotatable bonds is 3. The molecule has 6 nitrogen and oxygen atoms in total. The van der Waals surface area contributed by atoms with Crippen LogP contribution in [0.2, 0.25) is 0 Å². The molecule has 0 radical (unpaired) electrons. The van der Waals surface area contributed by atoms with Gasteiger partial charge in [-0.2, -0.15) is 5.10 Å². The number of hydrogen-bond donors (Lipinski definition) is 0. The smallest absolute Gasteiger partial charge is 0.273 e. The van der Waals surface area contributed by atoms with Crippen molar-refractivity contribution in [2.45, 2.75) is 71.3 Å². The molecule has 3 aromatic rings. The molecule has 0 bridgehead atoms. The molecule has 5 rings (SSSR count). The molecule has 162 valence electrons. The Labute approximate surface area is 183 Å². The second-order valence-corrected chi connectivity index (χ2v) is 9.47. The number of nitrogens with zero attached hydrogens (tertiary/aromatic N) is 5. The highest BCUT2D eigenvalue weighted by Gasteiger charge is 2.32. The average Bonchev–Trinajstić information content (AvgIpc) is 3.38. The molecule has 1 saturated heterocycles. The van der Waals surface area contributed by atoms with E-state index in [1.165, 1.54) is 30.5 Å². The molecule has 1 aliphatic carbocycles. The molecular weight excluding hydrogens is 386 g/mol. The first-order valence-electron chi connectivity index (χ1n) is 11.6. The molecule has 2 aliphatic rings. The minimum absolute atomic E-state index is 0.00442. The number of piperidine rings is 1. The van der Waals surface area contributed by atoms with Crippen molar-refractivity contribution in [1.29, 1.82) is 0 Å². The predicted octanol–water partition coefficient (Wildman–Crippen LogP) is 5.01. The molecule has 2 fully saturated rings. The van der Waals surface area contributed by atoms with E-state index in [0.29, 0.717) is 11.6 Å². The van der Waals surface area contributed by atoms with Crippen molar-refractivity contribution in [3.63, 3.8) is 0 Å². The maximum absolute atomic E-state index is 13.3. The van der Waals surface area contributed by atoms with Gasteiger partial charge in [0, 0.05) is 18.2 Å². The van der Waals surface area contributed by atoms with Gasteiger partial charge in [-0.3, -0.25) is 4.79 Å². The third-order valence-electron chi connectivity index (χ3n) is 6.99. The van der Waals surface area contributed by atoms with Crippen molar-refractivity contribution in [3.8, 4) is 0 Å². The monoisotopic (exact) mass is 417 g/mol. The van der Waals surface area contributed by atoms with Crippen molar-refractivity contribution in [1.82, 2.24) is 24.5 Å². The fourth-order valence-electron chi connectivity index (χ4n) is 5.36. The predicted molar refractivity (Wildman–Crippen MR) is 120 cm³/mol. The van der Waals surface area contributed by atoms with E-state index in [2.05, 4.69) is 24.9 Å². The van der Waals surface area contributed by atoms with Gasteiger partial charge in [-0.1, -0.05) is 19.4 Å². The summed E-state index contributed by atoms with van der Waals surface area (Å²) >= 11 is 0. The van der Waals surface area contributed by atoms with E-state index in [1.54, 1.807) is 0 Å². The lowest BCUT2D eigenvalue weighted by molar-refractivity contribution is 0.0600. The lowest BCUT2D eigenvalue weighted by Gasteiger charge is -2.34. The number of aryl methyl sites for hydroxylation is 2. The van der Waals surface area contributed by atoms with Crippen LogP contribution in [0.15, 0.2) is 30.5 Å². The summed E-state index contributed by atoms with van der Waals surface area (Å²) in [6, 6.07) is 7.76. The molecule has 31 heavy (non-hydrogen) atoms. The van der Waals surface area contributed by atoms with Crippen molar-refractivity contribution in [2.24, 2.45) is 5.92 Å². The molecule has 0 aromatic carbocycles. The fraction of sp³-hybridized carbons (Fsp3) is 0.520. The lowest BCUT2D eigenvalue weighted by Crippen LogP contribution is -2.39. The zero-order chi connectivity index (χ0) is 21.5. The molecule has 0 spiro atoms.